The molecule has 4 atom stereocenters. The predicted molar refractivity (Wildman–Crippen MR) is 39.8 cm³/mol. The van der Waals surface area contributed by atoms with Crippen molar-refractivity contribution < 1.29 is 24.2 Å². The molecule has 3 rings (SSSR count). The second-order valence-corrected chi connectivity index (χ2v) is 4.19. The third-order valence-corrected chi connectivity index (χ3v) is 3.55. The van der Waals surface area contributed by atoms with Gasteiger partial charge in [-0.05, 0) is 12.8 Å². The van der Waals surface area contributed by atoms with Gasteiger partial charge in [-0.2, -0.15) is 0 Å². The number of rotatable bonds is 1. The number of carboxylic acids is 1. The Bertz CT molecular complexity index is 325. The van der Waals surface area contributed by atoms with Gasteiger partial charge in [0.2, 0.25) is 0 Å². The minimum atomic E-state index is -1.19. The van der Waals surface area contributed by atoms with Gasteiger partial charge >= 0.3 is 5.97 Å². The third kappa shape index (κ3) is 0.744. The van der Waals surface area contributed by atoms with Gasteiger partial charge in [-0.3, -0.25) is 4.79 Å². The van der Waals surface area contributed by atoms with Crippen LogP contribution in [0.25, 0.3) is 0 Å². The van der Waals surface area contributed by atoms with Crippen LogP contribution in [0.15, 0.2) is 0 Å². The first-order valence-corrected chi connectivity index (χ1v) is 4.69. The summed E-state index contributed by atoms with van der Waals surface area (Å²) >= 11 is 0. The molecule has 5 heteroatoms. The zero-order chi connectivity index (χ0) is 9.92. The maximum Gasteiger partial charge on any atom is 0.312 e. The molecule has 3 aliphatic heterocycles. The molecular weight excluding hydrogens is 188 g/mol. The van der Waals surface area contributed by atoms with E-state index in [1.54, 1.807) is 0 Å². The van der Waals surface area contributed by atoms with Crippen molar-refractivity contribution in [2.75, 3.05) is 6.61 Å². The molecule has 0 unspecified atom stereocenters. The van der Waals surface area contributed by atoms with E-state index in [2.05, 4.69) is 0 Å². The molecule has 3 aliphatic rings. The first-order valence-electron chi connectivity index (χ1n) is 4.69. The number of carbonyl (C=O) groups excluding carboxylic acids is 2. The molecule has 0 saturated carbocycles. The molecule has 3 fully saturated rings. The number of cyclic esters (lactones) is 1. The number of aliphatic carboxylic acids is 1. The fraction of sp³-hybridized carbons (Fsp3) is 0.778. The molecule has 0 aromatic rings. The largest absolute Gasteiger partial charge is 0.550 e. The molecule has 76 valence electrons. The van der Waals surface area contributed by atoms with Gasteiger partial charge in [0, 0.05) is 11.9 Å². The standard InChI is InChI=1S/C9H10O5/c10-7(11)5-4-1-2-9(14-4)3-13-8(12)6(5)9/h4-6H,1-3H2,(H,10,11)/p-1/t4-,5-,6-,9-/m1/s1. The van der Waals surface area contributed by atoms with Gasteiger partial charge in [0.1, 0.15) is 12.2 Å². The van der Waals surface area contributed by atoms with E-state index < -0.39 is 29.4 Å². The first kappa shape index (κ1) is 8.23. The maximum absolute atomic E-state index is 11.4. The molecule has 0 N–H and O–H groups in total. The quantitative estimate of drug-likeness (QED) is 0.476. The average molecular weight is 197 g/mol. The highest BCUT2D eigenvalue weighted by molar-refractivity contribution is 5.84. The van der Waals surface area contributed by atoms with Gasteiger partial charge in [-0.25, -0.2) is 0 Å². The third-order valence-electron chi connectivity index (χ3n) is 3.55. The lowest BCUT2D eigenvalue weighted by Crippen LogP contribution is -2.46. The molecule has 5 nitrogen and oxygen atoms in total. The number of fused-ring (bicyclic) bond motifs is 1. The summed E-state index contributed by atoms with van der Waals surface area (Å²) in [6, 6.07) is 0. The maximum atomic E-state index is 11.4. The summed E-state index contributed by atoms with van der Waals surface area (Å²) in [5.74, 6) is -3.08. The zero-order valence-electron chi connectivity index (χ0n) is 7.39. The van der Waals surface area contributed by atoms with Crippen LogP contribution >= 0.6 is 0 Å². The normalized spacial score (nSPS) is 49.1. The number of carboxylic acid groups (broad SMARTS) is 1. The molecule has 0 amide bonds. The Kier molecular flexibility index (Phi) is 1.34. The summed E-state index contributed by atoms with van der Waals surface area (Å²) in [5, 5.41) is 10.9. The van der Waals surface area contributed by atoms with Crippen LogP contribution in [0.5, 0.6) is 0 Å². The Labute approximate surface area is 80.0 Å². The van der Waals surface area contributed by atoms with E-state index in [9.17, 15) is 14.7 Å². The minimum Gasteiger partial charge on any atom is -0.550 e. The summed E-state index contributed by atoms with van der Waals surface area (Å²) in [6.45, 7) is 0.205. The Balaban J connectivity index is 2.03. The summed E-state index contributed by atoms with van der Waals surface area (Å²) in [5.41, 5.74) is -0.646. The Hall–Kier alpha value is -1.10. The van der Waals surface area contributed by atoms with Gasteiger partial charge < -0.3 is 19.4 Å². The molecule has 0 aliphatic carbocycles. The van der Waals surface area contributed by atoms with Crippen molar-refractivity contribution in [2.24, 2.45) is 11.8 Å². The average Bonchev–Trinajstić information content (AvgIpc) is 2.75. The van der Waals surface area contributed by atoms with E-state index in [1.165, 1.54) is 0 Å². The predicted octanol–water partition coefficient (Wildman–Crippen LogP) is -1.54. The Morgan fingerprint density at radius 1 is 1.57 bits per heavy atom. The zero-order valence-corrected chi connectivity index (χ0v) is 7.39. The second-order valence-electron chi connectivity index (χ2n) is 4.19. The van der Waals surface area contributed by atoms with Crippen molar-refractivity contribution >= 4 is 11.9 Å². The second kappa shape index (κ2) is 2.28. The number of ether oxygens (including phenoxy) is 2. The van der Waals surface area contributed by atoms with Gasteiger partial charge in [0.05, 0.1) is 12.0 Å². The molecule has 14 heavy (non-hydrogen) atoms. The fourth-order valence-corrected chi connectivity index (χ4v) is 2.96. The van der Waals surface area contributed by atoms with Crippen molar-refractivity contribution in [1.82, 2.24) is 0 Å². The van der Waals surface area contributed by atoms with Gasteiger partial charge in [-0.15, -0.1) is 0 Å². The van der Waals surface area contributed by atoms with Gasteiger partial charge in [-0.1, -0.05) is 0 Å². The van der Waals surface area contributed by atoms with Crippen LogP contribution in [0, 0.1) is 11.8 Å². The van der Waals surface area contributed by atoms with E-state index in [1.807, 2.05) is 0 Å². The lowest BCUT2D eigenvalue weighted by Gasteiger charge is -2.26. The molecule has 0 radical (unpaired) electrons. The van der Waals surface area contributed by atoms with Crippen LogP contribution in [0.2, 0.25) is 0 Å². The van der Waals surface area contributed by atoms with E-state index in [0.29, 0.717) is 6.42 Å². The van der Waals surface area contributed by atoms with Crippen molar-refractivity contribution in [1.29, 1.82) is 0 Å². The summed E-state index contributed by atoms with van der Waals surface area (Å²) in [4.78, 5) is 22.2. The first-order chi connectivity index (χ1) is 6.64. The van der Waals surface area contributed by atoms with Crippen LogP contribution < -0.4 is 5.11 Å². The summed E-state index contributed by atoms with van der Waals surface area (Å²) < 4.78 is 10.4. The molecule has 0 aromatic carbocycles. The van der Waals surface area contributed by atoms with Crippen molar-refractivity contribution in [2.45, 2.75) is 24.5 Å². The topological polar surface area (TPSA) is 75.7 Å². The number of hydrogen-bond donors (Lipinski definition) is 0. The summed E-state index contributed by atoms with van der Waals surface area (Å²) in [6.07, 6.45) is 1.06. The number of hydrogen-bond acceptors (Lipinski definition) is 5. The molecule has 3 saturated heterocycles. The van der Waals surface area contributed by atoms with Crippen LogP contribution in [-0.4, -0.2) is 30.3 Å². The van der Waals surface area contributed by atoms with Crippen LogP contribution in [0.3, 0.4) is 0 Å². The van der Waals surface area contributed by atoms with Crippen molar-refractivity contribution in [3.05, 3.63) is 0 Å². The van der Waals surface area contributed by atoms with E-state index in [4.69, 9.17) is 9.47 Å². The van der Waals surface area contributed by atoms with Gasteiger partial charge in [0.25, 0.3) is 0 Å². The Morgan fingerprint density at radius 3 is 3.07 bits per heavy atom. The van der Waals surface area contributed by atoms with Crippen LogP contribution in [-0.2, 0) is 19.1 Å². The highest BCUT2D eigenvalue weighted by Gasteiger charge is 2.66. The SMILES string of the molecule is O=C([O-])[C@@H]1[C@H]2CC[C@]3(COC(=O)[C@@H]13)O2. The Morgan fingerprint density at radius 2 is 2.36 bits per heavy atom. The van der Waals surface area contributed by atoms with E-state index in [-0.39, 0.29) is 12.7 Å². The van der Waals surface area contributed by atoms with Crippen LogP contribution in [0.1, 0.15) is 12.8 Å². The smallest absolute Gasteiger partial charge is 0.312 e. The lowest BCUT2D eigenvalue weighted by atomic mass is 9.73. The number of esters is 1. The lowest BCUT2D eigenvalue weighted by molar-refractivity contribution is -0.314. The molecule has 3 heterocycles. The monoisotopic (exact) mass is 197 g/mol. The van der Waals surface area contributed by atoms with Crippen molar-refractivity contribution in [3.63, 3.8) is 0 Å². The van der Waals surface area contributed by atoms with Gasteiger partial charge in [0.15, 0.2) is 0 Å². The molecule has 0 aromatic heterocycles. The van der Waals surface area contributed by atoms with Crippen molar-refractivity contribution in [3.8, 4) is 0 Å². The minimum absolute atomic E-state index is 0.205. The van der Waals surface area contributed by atoms with E-state index in [0.717, 1.165) is 6.42 Å². The highest BCUT2D eigenvalue weighted by atomic mass is 16.6. The highest BCUT2D eigenvalue weighted by Crippen LogP contribution is 2.54. The molecule has 2 bridgehead atoms. The van der Waals surface area contributed by atoms with E-state index >= 15 is 0 Å². The number of carbonyl (C=O) groups is 2. The fourth-order valence-electron chi connectivity index (χ4n) is 2.96. The summed E-state index contributed by atoms with van der Waals surface area (Å²) in [7, 11) is 0. The molecular formula is C9H9O5-. The molecule has 1 spiro atoms. The van der Waals surface area contributed by atoms with Crippen LogP contribution in [0.4, 0.5) is 0 Å².